The lowest BCUT2D eigenvalue weighted by Gasteiger charge is -2.08. The predicted octanol–water partition coefficient (Wildman–Crippen LogP) is 3.67. The van der Waals surface area contributed by atoms with E-state index in [9.17, 15) is 10.1 Å². The van der Waals surface area contributed by atoms with Crippen LogP contribution in [0.15, 0.2) is 41.0 Å². The monoisotopic (exact) mass is 321 g/mol. The lowest BCUT2D eigenvalue weighted by Crippen LogP contribution is -2.02. The van der Waals surface area contributed by atoms with Crippen LogP contribution in [0.1, 0.15) is 11.3 Å². The Balaban J connectivity index is 2.14. The number of aryl methyl sites for hydroxylation is 1. The Morgan fingerprint density at radius 3 is 2.89 bits per heavy atom. The molecule has 6 heteroatoms. The van der Waals surface area contributed by atoms with Crippen LogP contribution < -0.4 is 5.32 Å². The highest BCUT2D eigenvalue weighted by Gasteiger charge is 2.12. The largest absolute Gasteiger partial charge is 0.379 e. The molecule has 0 fully saturated rings. The summed E-state index contributed by atoms with van der Waals surface area (Å²) in [6.45, 7) is 2.42. The van der Waals surface area contributed by atoms with Crippen LogP contribution in [0.2, 0.25) is 0 Å². The fourth-order valence-corrected chi connectivity index (χ4v) is 2.07. The van der Waals surface area contributed by atoms with E-state index < -0.39 is 4.92 Å². The first-order valence-corrected chi connectivity index (χ1v) is 6.45. The minimum absolute atomic E-state index is 0.0715. The van der Waals surface area contributed by atoms with Crippen molar-refractivity contribution in [3.8, 4) is 0 Å². The van der Waals surface area contributed by atoms with Crippen LogP contribution >= 0.6 is 15.9 Å². The van der Waals surface area contributed by atoms with E-state index in [4.69, 9.17) is 0 Å². The minimum Gasteiger partial charge on any atom is -0.379 e. The highest BCUT2D eigenvalue weighted by molar-refractivity contribution is 9.10. The second kappa shape index (κ2) is 5.79. The topological polar surface area (TPSA) is 68.1 Å². The summed E-state index contributed by atoms with van der Waals surface area (Å²) in [5.74, 6) is 0. The van der Waals surface area contributed by atoms with Crippen LogP contribution in [0.3, 0.4) is 0 Å². The molecule has 0 aliphatic heterocycles. The Kier molecular flexibility index (Phi) is 4.11. The first kappa shape index (κ1) is 13.5. The van der Waals surface area contributed by atoms with Gasteiger partial charge in [0.15, 0.2) is 0 Å². The van der Waals surface area contributed by atoms with Crippen LogP contribution in [0, 0.1) is 17.0 Å². The quantitative estimate of drug-likeness (QED) is 0.689. The Morgan fingerprint density at radius 2 is 2.21 bits per heavy atom. The Hall–Kier alpha value is -1.95. The third kappa shape index (κ3) is 3.29. The third-order valence-corrected chi connectivity index (χ3v) is 3.37. The van der Waals surface area contributed by atoms with Crippen molar-refractivity contribution >= 4 is 27.3 Å². The number of hydrogen-bond donors (Lipinski definition) is 1. The van der Waals surface area contributed by atoms with E-state index in [1.54, 1.807) is 18.3 Å². The van der Waals surface area contributed by atoms with Crippen LogP contribution in [-0.4, -0.2) is 9.91 Å². The molecule has 1 aromatic carbocycles. The Bertz CT molecular complexity index is 617. The first-order chi connectivity index (χ1) is 9.08. The molecule has 5 nitrogen and oxygen atoms in total. The number of rotatable bonds is 4. The van der Waals surface area contributed by atoms with E-state index in [1.807, 2.05) is 25.1 Å². The van der Waals surface area contributed by atoms with E-state index in [2.05, 4.69) is 26.2 Å². The number of anilines is 1. The van der Waals surface area contributed by atoms with Crippen molar-refractivity contribution in [2.75, 3.05) is 5.32 Å². The van der Waals surface area contributed by atoms with Gasteiger partial charge in [0.05, 0.1) is 20.8 Å². The molecule has 0 aliphatic rings. The Labute approximate surface area is 119 Å². The molecule has 0 spiro atoms. The van der Waals surface area contributed by atoms with Gasteiger partial charge in [-0.2, -0.15) is 0 Å². The van der Waals surface area contributed by atoms with Crippen molar-refractivity contribution in [3.05, 3.63) is 62.4 Å². The maximum atomic E-state index is 10.8. The molecule has 0 radical (unpaired) electrons. The van der Waals surface area contributed by atoms with Gasteiger partial charge in [-0.1, -0.05) is 6.07 Å². The zero-order valence-electron chi connectivity index (χ0n) is 10.3. The van der Waals surface area contributed by atoms with Crippen LogP contribution in [0.4, 0.5) is 11.4 Å². The summed E-state index contributed by atoms with van der Waals surface area (Å²) in [6, 6.07) is 8.86. The number of nitrogens with one attached hydrogen (secondary N) is 1. The van der Waals surface area contributed by atoms with Gasteiger partial charge in [-0.25, -0.2) is 0 Å². The van der Waals surface area contributed by atoms with Crippen LogP contribution in [-0.2, 0) is 6.54 Å². The molecule has 0 bridgehead atoms. The lowest BCUT2D eigenvalue weighted by atomic mass is 10.2. The van der Waals surface area contributed by atoms with Crippen molar-refractivity contribution in [1.82, 2.24) is 4.98 Å². The van der Waals surface area contributed by atoms with E-state index in [0.29, 0.717) is 11.0 Å². The Morgan fingerprint density at radius 1 is 1.42 bits per heavy atom. The fraction of sp³-hybridized carbons (Fsp3) is 0.154. The van der Waals surface area contributed by atoms with Gasteiger partial charge in [0.25, 0.3) is 5.69 Å². The maximum absolute atomic E-state index is 10.8. The number of halogens is 1. The van der Waals surface area contributed by atoms with Gasteiger partial charge in [-0.3, -0.25) is 15.1 Å². The molecule has 98 valence electrons. The number of aromatic nitrogens is 1. The zero-order valence-corrected chi connectivity index (χ0v) is 11.8. The summed E-state index contributed by atoms with van der Waals surface area (Å²) < 4.78 is 0.485. The normalized spacial score (nSPS) is 10.2. The smallest absolute Gasteiger partial charge is 0.283 e. The average molecular weight is 322 g/mol. The van der Waals surface area contributed by atoms with Gasteiger partial charge in [0.2, 0.25) is 0 Å². The first-order valence-electron chi connectivity index (χ1n) is 5.66. The van der Waals surface area contributed by atoms with Gasteiger partial charge in [0.1, 0.15) is 0 Å². The van der Waals surface area contributed by atoms with E-state index >= 15 is 0 Å². The average Bonchev–Trinajstić information content (AvgIpc) is 2.39. The number of nitro groups is 1. The van der Waals surface area contributed by atoms with Crippen LogP contribution in [0.25, 0.3) is 0 Å². The van der Waals surface area contributed by atoms with Crippen molar-refractivity contribution in [1.29, 1.82) is 0 Å². The van der Waals surface area contributed by atoms with Gasteiger partial charge >= 0.3 is 0 Å². The summed E-state index contributed by atoms with van der Waals surface area (Å²) in [4.78, 5) is 14.6. The number of benzene rings is 1. The number of hydrogen-bond acceptors (Lipinski definition) is 4. The second-order valence-electron chi connectivity index (χ2n) is 4.03. The van der Waals surface area contributed by atoms with Crippen molar-refractivity contribution in [2.24, 2.45) is 0 Å². The molecule has 19 heavy (non-hydrogen) atoms. The summed E-state index contributed by atoms with van der Waals surface area (Å²) >= 11 is 3.17. The molecule has 0 amide bonds. The minimum atomic E-state index is -0.400. The van der Waals surface area contributed by atoms with Gasteiger partial charge < -0.3 is 5.32 Å². The fourth-order valence-electron chi connectivity index (χ4n) is 1.68. The second-order valence-corrected chi connectivity index (χ2v) is 4.89. The highest BCUT2D eigenvalue weighted by Crippen LogP contribution is 2.26. The predicted molar refractivity (Wildman–Crippen MR) is 77.1 cm³/mol. The molecule has 0 aliphatic carbocycles. The van der Waals surface area contributed by atoms with Gasteiger partial charge in [0, 0.05) is 18.8 Å². The molecule has 1 N–H and O–H groups in total. The SMILES string of the molecule is Cc1ncccc1NCc1ccc(Br)c([N+](=O)[O-])c1. The van der Waals surface area contributed by atoms with Gasteiger partial charge in [-0.15, -0.1) is 0 Å². The molecule has 0 saturated heterocycles. The summed E-state index contributed by atoms with van der Waals surface area (Å²) in [6.07, 6.45) is 1.73. The molecule has 0 unspecified atom stereocenters. The molecule has 0 atom stereocenters. The van der Waals surface area contributed by atoms with Crippen molar-refractivity contribution < 1.29 is 4.92 Å². The molecule has 2 aromatic rings. The van der Waals surface area contributed by atoms with Crippen molar-refractivity contribution in [3.63, 3.8) is 0 Å². The molecule has 2 rings (SSSR count). The molecule has 0 saturated carbocycles. The summed E-state index contributed by atoms with van der Waals surface area (Å²) in [7, 11) is 0. The lowest BCUT2D eigenvalue weighted by molar-refractivity contribution is -0.385. The maximum Gasteiger partial charge on any atom is 0.283 e. The van der Waals surface area contributed by atoms with Gasteiger partial charge in [-0.05, 0) is 46.6 Å². The van der Waals surface area contributed by atoms with Crippen molar-refractivity contribution in [2.45, 2.75) is 13.5 Å². The number of nitrogens with zero attached hydrogens (tertiary/aromatic N) is 2. The summed E-state index contributed by atoms with van der Waals surface area (Å²) in [5, 5.41) is 14.1. The standard InChI is InChI=1S/C13H12BrN3O2/c1-9-12(3-2-6-15-9)16-8-10-4-5-11(14)13(7-10)17(18)19/h2-7,16H,8H2,1H3. The number of pyridine rings is 1. The third-order valence-electron chi connectivity index (χ3n) is 2.70. The van der Waals surface area contributed by atoms with E-state index in [-0.39, 0.29) is 5.69 Å². The van der Waals surface area contributed by atoms with Crippen LogP contribution in [0.5, 0.6) is 0 Å². The molecular weight excluding hydrogens is 310 g/mol. The van der Waals surface area contributed by atoms with E-state index in [1.165, 1.54) is 0 Å². The number of nitro benzene ring substituents is 1. The highest BCUT2D eigenvalue weighted by atomic mass is 79.9. The summed E-state index contributed by atoms with van der Waals surface area (Å²) in [5.41, 5.74) is 2.74. The van der Waals surface area contributed by atoms with E-state index in [0.717, 1.165) is 16.9 Å². The molecular formula is C13H12BrN3O2. The molecule has 1 heterocycles. The molecule has 1 aromatic heterocycles. The zero-order chi connectivity index (χ0) is 13.8.